The maximum atomic E-state index is 13.0. The number of carbonyl (C=O) groups excluding carboxylic acids is 2. The van der Waals surface area contributed by atoms with Crippen LogP contribution < -0.4 is 10.6 Å². The van der Waals surface area contributed by atoms with Crippen LogP contribution in [-0.2, 0) is 11.3 Å². The van der Waals surface area contributed by atoms with Crippen LogP contribution in [0.2, 0.25) is 0 Å². The normalized spacial score (nSPS) is 23.6. The first kappa shape index (κ1) is 20.5. The summed E-state index contributed by atoms with van der Waals surface area (Å²) in [5.41, 5.74) is 1.57. The first-order valence-electron chi connectivity index (χ1n) is 10.7. The molecule has 2 heterocycles. The summed E-state index contributed by atoms with van der Waals surface area (Å²) in [5, 5.41) is 6.14. The molecule has 2 bridgehead atoms. The maximum Gasteiger partial charge on any atom is 0.251 e. The Morgan fingerprint density at radius 3 is 2.30 bits per heavy atom. The van der Waals surface area contributed by atoms with Crippen molar-refractivity contribution in [3.8, 4) is 0 Å². The lowest BCUT2D eigenvalue weighted by atomic mass is 9.81. The Morgan fingerprint density at radius 2 is 1.63 bits per heavy atom. The zero-order valence-corrected chi connectivity index (χ0v) is 17.0. The van der Waals surface area contributed by atoms with Crippen LogP contribution in [0.25, 0.3) is 0 Å². The van der Waals surface area contributed by atoms with E-state index < -0.39 is 0 Å². The zero-order chi connectivity index (χ0) is 20.9. The van der Waals surface area contributed by atoms with Crippen LogP contribution in [0.5, 0.6) is 0 Å². The van der Waals surface area contributed by atoms with Crippen LogP contribution >= 0.6 is 0 Å². The van der Waals surface area contributed by atoms with Crippen LogP contribution in [0, 0.1) is 5.82 Å². The molecule has 5 nitrogen and oxygen atoms in total. The van der Waals surface area contributed by atoms with Gasteiger partial charge in [-0.1, -0.05) is 36.8 Å². The molecule has 0 spiro atoms. The number of rotatable bonds is 6. The number of halogens is 1. The molecule has 2 saturated heterocycles. The molecule has 2 fully saturated rings. The fourth-order valence-electron chi connectivity index (χ4n) is 4.74. The third-order valence-electron chi connectivity index (χ3n) is 6.23. The Labute approximate surface area is 176 Å². The van der Waals surface area contributed by atoms with Gasteiger partial charge in [-0.25, -0.2) is 4.39 Å². The van der Waals surface area contributed by atoms with Gasteiger partial charge in [0.2, 0.25) is 5.91 Å². The molecule has 2 N–H and O–H groups in total. The Hall–Kier alpha value is -2.73. The lowest BCUT2D eigenvalue weighted by Crippen LogP contribution is -2.58. The Balaban J connectivity index is 1.30. The van der Waals surface area contributed by atoms with Gasteiger partial charge in [0.05, 0.1) is 6.54 Å². The van der Waals surface area contributed by atoms with Gasteiger partial charge < -0.3 is 10.6 Å². The number of nitrogens with one attached hydrogen (secondary N) is 2. The SMILES string of the molecule is O=C(CN1[C@@H]2CCC[C@H]1CC(NC(=O)c1ccccc1)C2)NCc1ccc(F)cc1. The van der Waals surface area contributed by atoms with Crippen molar-refractivity contribution in [2.45, 2.75) is 56.8 Å². The predicted octanol–water partition coefficient (Wildman–Crippen LogP) is 3.26. The van der Waals surface area contributed by atoms with Crippen molar-refractivity contribution in [2.24, 2.45) is 0 Å². The highest BCUT2D eigenvalue weighted by Crippen LogP contribution is 2.34. The molecule has 0 aliphatic carbocycles. The number of nitrogens with zero attached hydrogens (tertiary/aromatic N) is 1. The highest BCUT2D eigenvalue weighted by atomic mass is 19.1. The molecule has 0 radical (unpaired) electrons. The molecular weight excluding hydrogens is 381 g/mol. The van der Waals surface area contributed by atoms with E-state index in [0.29, 0.717) is 30.7 Å². The number of piperidine rings is 2. The van der Waals surface area contributed by atoms with Gasteiger partial charge in [0.25, 0.3) is 5.91 Å². The number of fused-ring (bicyclic) bond motifs is 2. The number of hydrogen-bond acceptors (Lipinski definition) is 3. The summed E-state index contributed by atoms with van der Waals surface area (Å²) in [4.78, 5) is 27.4. The lowest BCUT2D eigenvalue weighted by molar-refractivity contribution is -0.125. The van der Waals surface area contributed by atoms with Crippen LogP contribution in [0.3, 0.4) is 0 Å². The molecular formula is C24H28FN3O2. The Morgan fingerprint density at radius 1 is 0.967 bits per heavy atom. The average Bonchev–Trinajstić information content (AvgIpc) is 2.74. The standard InChI is InChI=1S/C24H28FN3O2/c25-19-11-9-17(10-12-19)15-26-23(29)16-28-21-7-4-8-22(28)14-20(13-21)27-24(30)18-5-2-1-3-6-18/h1-3,5-6,9-12,20-22H,4,7-8,13-16H2,(H,26,29)(H,27,30)/t20?,21-,22+. The molecule has 0 saturated carbocycles. The number of hydrogen-bond donors (Lipinski definition) is 2. The molecule has 0 aromatic heterocycles. The molecule has 2 amide bonds. The van der Waals surface area contributed by atoms with E-state index in [1.165, 1.54) is 18.6 Å². The van der Waals surface area contributed by atoms with E-state index in [-0.39, 0.29) is 23.7 Å². The molecule has 2 aromatic carbocycles. The number of carbonyl (C=O) groups is 2. The van der Waals surface area contributed by atoms with E-state index in [1.54, 1.807) is 12.1 Å². The summed E-state index contributed by atoms with van der Waals surface area (Å²) >= 11 is 0. The second kappa shape index (κ2) is 9.39. The van der Waals surface area contributed by atoms with Crippen molar-refractivity contribution < 1.29 is 14.0 Å². The molecule has 2 aliphatic rings. The first-order valence-corrected chi connectivity index (χ1v) is 10.7. The van der Waals surface area contributed by atoms with E-state index in [1.807, 2.05) is 30.3 Å². The third kappa shape index (κ3) is 5.05. The smallest absolute Gasteiger partial charge is 0.251 e. The highest BCUT2D eigenvalue weighted by Gasteiger charge is 2.39. The number of amides is 2. The quantitative estimate of drug-likeness (QED) is 0.770. The van der Waals surface area contributed by atoms with Gasteiger partial charge in [0.1, 0.15) is 5.82 Å². The molecule has 4 rings (SSSR count). The predicted molar refractivity (Wildman–Crippen MR) is 113 cm³/mol. The fourth-order valence-corrected chi connectivity index (χ4v) is 4.74. The second-order valence-electron chi connectivity index (χ2n) is 8.32. The van der Waals surface area contributed by atoms with Crippen molar-refractivity contribution in [1.29, 1.82) is 0 Å². The highest BCUT2D eigenvalue weighted by molar-refractivity contribution is 5.94. The summed E-state index contributed by atoms with van der Waals surface area (Å²) < 4.78 is 13.0. The molecule has 3 atom stereocenters. The average molecular weight is 410 g/mol. The van der Waals surface area contributed by atoms with Gasteiger partial charge in [0, 0.05) is 30.2 Å². The van der Waals surface area contributed by atoms with Crippen molar-refractivity contribution in [1.82, 2.24) is 15.5 Å². The van der Waals surface area contributed by atoms with Gasteiger partial charge in [-0.2, -0.15) is 0 Å². The fraction of sp³-hybridized carbons (Fsp3) is 0.417. The van der Waals surface area contributed by atoms with Gasteiger partial charge >= 0.3 is 0 Å². The lowest BCUT2D eigenvalue weighted by Gasteiger charge is -2.48. The molecule has 2 aromatic rings. The Bertz CT molecular complexity index is 858. The van der Waals surface area contributed by atoms with Crippen molar-refractivity contribution in [2.75, 3.05) is 6.54 Å². The van der Waals surface area contributed by atoms with Crippen molar-refractivity contribution in [3.63, 3.8) is 0 Å². The summed E-state index contributed by atoms with van der Waals surface area (Å²) in [6.45, 7) is 0.772. The largest absolute Gasteiger partial charge is 0.351 e. The van der Waals surface area contributed by atoms with E-state index in [4.69, 9.17) is 0 Å². The van der Waals surface area contributed by atoms with Crippen LogP contribution in [0.1, 0.15) is 48.0 Å². The summed E-state index contributed by atoms with van der Waals surface area (Å²) in [5.74, 6) is -0.313. The van der Waals surface area contributed by atoms with Crippen molar-refractivity contribution in [3.05, 3.63) is 71.5 Å². The number of benzene rings is 2. The molecule has 30 heavy (non-hydrogen) atoms. The van der Waals surface area contributed by atoms with E-state index in [9.17, 15) is 14.0 Å². The molecule has 1 unspecified atom stereocenters. The first-order chi connectivity index (χ1) is 14.6. The zero-order valence-electron chi connectivity index (χ0n) is 17.0. The Kier molecular flexibility index (Phi) is 6.43. The summed E-state index contributed by atoms with van der Waals surface area (Å²) in [6.07, 6.45) is 5.03. The van der Waals surface area contributed by atoms with Crippen LogP contribution in [0.15, 0.2) is 54.6 Å². The second-order valence-corrected chi connectivity index (χ2v) is 8.32. The molecule has 6 heteroatoms. The summed E-state index contributed by atoms with van der Waals surface area (Å²) in [7, 11) is 0. The molecule has 158 valence electrons. The minimum absolute atomic E-state index is 0.0111. The maximum absolute atomic E-state index is 13.0. The van der Waals surface area contributed by atoms with E-state index >= 15 is 0 Å². The van der Waals surface area contributed by atoms with Crippen LogP contribution in [-0.4, -0.2) is 41.4 Å². The minimum atomic E-state index is -0.278. The monoisotopic (exact) mass is 409 g/mol. The van der Waals surface area contributed by atoms with Gasteiger partial charge in [0.15, 0.2) is 0 Å². The van der Waals surface area contributed by atoms with Gasteiger partial charge in [-0.15, -0.1) is 0 Å². The van der Waals surface area contributed by atoms with Crippen molar-refractivity contribution >= 4 is 11.8 Å². The topological polar surface area (TPSA) is 61.4 Å². The van der Waals surface area contributed by atoms with Gasteiger partial charge in [-0.3, -0.25) is 14.5 Å². The molecule has 2 aliphatic heterocycles. The third-order valence-corrected chi connectivity index (χ3v) is 6.23. The summed E-state index contributed by atoms with van der Waals surface area (Å²) in [6, 6.07) is 16.3. The minimum Gasteiger partial charge on any atom is -0.351 e. The van der Waals surface area contributed by atoms with E-state index in [2.05, 4.69) is 15.5 Å². The van der Waals surface area contributed by atoms with Crippen LogP contribution in [0.4, 0.5) is 4.39 Å². The van der Waals surface area contributed by atoms with Gasteiger partial charge in [-0.05, 0) is 55.5 Å². The van der Waals surface area contributed by atoms with E-state index in [0.717, 1.165) is 31.2 Å².